The molecule has 1 N–H and O–H groups in total. The van der Waals surface area contributed by atoms with Crippen LogP contribution in [0.5, 0.6) is 5.88 Å². The molecule has 0 unspecified atom stereocenters. The van der Waals surface area contributed by atoms with E-state index in [0.717, 1.165) is 31.7 Å². The Morgan fingerprint density at radius 1 is 1.15 bits per heavy atom. The summed E-state index contributed by atoms with van der Waals surface area (Å²) < 4.78 is 47.9. The van der Waals surface area contributed by atoms with Gasteiger partial charge in [-0.3, -0.25) is 14.3 Å². The van der Waals surface area contributed by atoms with Crippen LogP contribution in [0.1, 0.15) is 67.1 Å². The van der Waals surface area contributed by atoms with E-state index in [1.165, 1.54) is 19.4 Å². The smallest absolute Gasteiger partial charge is 0.469 e. The SMILES string of the molecule is CC#Cc1ccc(C(=O)NC2CC3(C2)CC(C(=O)OC)C3)c2c1cnn2[C@@H](C)c1ccc(OC(F)(F)F)nc1. The largest absolute Gasteiger partial charge is 0.574 e. The van der Waals surface area contributed by atoms with Gasteiger partial charge in [-0.25, -0.2) is 4.98 Å². The first-order chi connectivity index (χ1) is 18.5. The van der Waals surface area contributed by atoms with Crippen molar-refractivity contribution >= 4 is 22.8 Å². The third-order valence-corrected chi connectivity index (χ3v) is 7.68. The molecule has 1 atom stereocenters. The summed E-state index contributed by atoms with van der Waals surface area (Å²) in [5, 5.41) is 8.33. The highest BCUT2D eigenvalue weighted by atomic mass is 19.4. The Kier molecular flexibility index (Phi) is 6.74. The summed E-state index contributed by atoms with van der Waals surface area (Å²) in [6.45, 7) is 3.53. The first kappa shape index (κ1) is 26.5. The number of hydrogen-bond acceptors (Lipinski definition) is 6. The van der Waals surface area contributed by atoms with E-state index in [0.29, 0.717) is 27.6 Å². The van der Waals surface area contributed by atoms with Crippen LogP contribution < -0.4 is 10.1 Å². The third kappa shape index (κ3) is 5.15. The van der Waals surface area contributed by atoms with E-state index in [4.69, 9.17) is 4.74 Å². The second-order valence-electron chi connectivity index (χ2n) is 10.2. The summed E-state index contributed by atoms with van der Waals surface area (Å²) in [5.74, 6) is 4.86. The topological polar surface area (TPSA) is 95.3 Å². The monoisotopic (exact) mass is 540 g/mol. The van der Waals surface area contributed by atoms with Crippen molar-refractivity contribution in [1.29, 1.82) is 0 Å². The third-order valence-electron chi connectivity index (χ3n) is 7.68. The van der Waals surface area contributed by atoms with Gasteiger partial charge in [0.25, 0.3) is 5.91 Å². The zero-order valence-electron chi connectivity index (χ0n) is 21.6. The second-order valence-corrected chi connectivity index (χ2v) is 10.2. The van der Waals surface area contributed by atoms with Crippen LogP contribution in [-0.2, 0) is 9.53 Å². The highest BCUT2D eigenvalue weighted by Crippen LogP contribution is 2.59. The number of benzene rings is 1. The van der Waals surface area contributed by atoms with Gasteiger partial charge in [0.15, 0.2) is 0 Å². The lowest BCUT2D eigenvalue weighted by Crippen LogP contribution is -2.57. The molecule has 2 aliphatic carbocycles. The van der Waals surface area contributed by atoms with Crippen molar-refractivity contribution < 1.29 is 32.2 Å². The lowest BCUT2D eigenvalue weighted by molar-refractivity contribution is -0.276. The van der Waals surface area contributed by atoms with Gasteiger partial charge in [0.05, 0.1) is 36.3 Å². The summed E-state index contributed by atoms with van der Waals surface area (Å²) in [4.78, 5) is 29.0. The Balaban J connectivity index is 1.38. The number of aromatic nitrogens is 3. The Hall–Kier alpha value is -4.07. The molecular formula is C28H27F3N4O4. The van der Waals surface area contributed by atoms with Crippen molar-refractivity contribution in [3.8, 4) is 17.7 Å². The number of methoxy groups -OCH3 is 1. The number of carbonyl (C=O) groups is 2. The van der Waals surface area contributed by atoms with Gasteiger partial charge in [-0.1, -0.05) is 5.92 Å². The molecule has 39 heavy (non-hydrogen) atoms. The van der Waals surface area contributed by atoms with Crippen LogP contribution >= 0.6 is 0 Å². The molecule has 2 saturated carbocycles. The average molecular weight is 541 g/mol. The highest BCUT2D eigenvalue weighted by Gasteiger charge is 2.55. The fourth-order valence-corrected chi connectivity index (χ4v) is 5.85. The van der Waals surface area contributed by atoms with Crippen LogP contribution in [-0.4, -0.2) is 46.2 Å². The predicted molar refractivity (Wildman–Crippen MR) is 135 cm³/mol. The lowest BCUT2D eigenvalue weighted by atomic mass is 9.50. The van der Waals surface area contributed by atoms with E-state index in [2.05, 4.69) is 32.0 Å². The van der Waals surface area contributed by atoms with E-state index in [1.807, 2.05) is 6.92 Å². The van der Waals surface area contributed by atoms with Gasteiger partial charge in [0, 0.05) is 29.3 Å². The number of nitrogens with one attached hydrogen (secondary N) is 1. The molecule has 2 heterocycles. The predicted octanol–water partition coefficient (Wildman–Crippen LogP) is 4.77. The van der Waals surface area contributed by atoms with Crippen LogP contribution in [0.25, 0.3) is 10.9 Å². The number of hydrogen-bond donors (Lipinski definition) is 1. The van der Waals surface area contributed by atoms with Crippen molar-refractivity contribution in [3.05, 3.63) is 53.3 Å². The molecule has 1 spiro atoms. The van der Waals surface area contributed by atoms with Gasteiger partial charge in [0.1, 0.15) is 0 Å². The van der Waals surface area contributed by atoms with Gasteiger partial charge in [-0.2, -0.15) is 5.10 Å². The Bertz CT molecular complexity index is 1470. The summed E-state index contributed by atoms with van der Waals surface area (Å²) in [6, 6.07) is 5.67. The molecule has 2 aromatic heterocycles. The minimum atomic E-state index is -4.83. The molecule has 1 amide bonds. The zero-order valence-corrected chi connectivity index (χ0v) is 21.6. The van der Waals surface area contributed by atoms with E-state index in [-0.39, 0.29) is 29.3 Å². The molecule has 0 aliphatic heterocycles. The van der Waals surface area contributed by atoms with Crippen LogP contribution in [0.3, 0.4) is 0 Å². The molecular weight excluding hydrogens is 513 g/mol. The van der Waals surface area contributed by atoms with Crippen molar-refractivity contribution in [2.75, 3.05) is 7.11 Å². The number of halogens is 3. The first-order valence-corrected chi connectivity index (χ1v) is 12.6. The van der Waals surface area contributed by atoms with Crippen LogP contribution in [0.15, 0.2) is 36.7 Å². The van der Waals surface area contributed by atoms with Gasteiger partial charge >= 0.3 is 12.3 Å². The van der Waals surface area contributed by atoms with Crippen LogP contribution in [0, 0.1) is 23.2 Å². The molecule has 0 bridgehead atoms. The number of esters is 1. The minimum absolute atomic E-state index is 0.000397. The quantitative estimate of drug-likeness (QED) is 0.358. The Labute approximate surface area is 222 Å². The van der Waals surface area contributed by atoms with Gasteiger partial charge in [-0.05, 0) is 68.7 Å². The van der Waals surface area contributed by atoms with Crippen molar-refractivity contribution in [1.82, 2.24) is 20.1 Å². The number of carbonyl (C=O) groups excluding carboxylic acids is 2. The van der Waals surface area contributed by atoms with E-state index < -0.39 is 18.3 Å². The number of rotatable bonds is 6. The molecule has 3 aromatic rings. The number of ether oxygens (including phenoxy) is 2. The molecule has 1 aromatic carbocycles. The molecule has 5 rings (SSSR count). The van der Waals surface area contributed by atoms with Crippen molar-refractivity contribution in [2.24, 2.45) is 11.3 Å². The van der Waals surface area contributed by atoms with Gasteiger partial charge < -0.3 is 14.8 Å². The summed E-state index contributed by atoms with van der Waals surface area (Å²) in [6.07, 6.45) is 1.28. The number of amides is 1. The fraction of sp³-hybridized carbons (Fsp3) is 0.429. The first-order valence-electron chi connectivity index (χ1n) is 12.6. The number of fused-ring (bicyclic) bond motifs is 1. The molecule has 2 aliphatic rings. The second kappa shape index (κ2) is 9.91. The molecule has 0 radical (unpaired) electrons. The maximum atomic E-state index is 13.5. The standard InChI is InChI=1S/C28H27F3N4O4/c1-4-5-17-6-8-21(25(36)34-20-12-27(13-20)10-19(11-27)26(37)38-3)24-22(17)15-33-35(24)16(2)18-7-9-23(32-14-18)39-28(29,30)31/h6-9,14-16,19-20H,10-13H2,1-3H3,(H,34,36)/t16-,19?,20?,27?/m0/s1. The Morgan fingerprint density at radius 2 is 1.90 bits per heavy atom. The summed E-state index contributed by atoms with van der Waals surface area (Å²) in [5.41, 5.74) is 2.37. The molecule has 2 fully saturated rings. The van der Waals surface area contributed by atoms with Gasteiger partial charge in [-0.15, -0.1) is 19.1 Å². The molecule has 204 valence electrons. The molecule has 11 heteroatoms. The number of alkyl halides is 3. The maximum Gasteiger partial charge on any atom is 0.574 e. The molecule has 8 nitrogen and oxygen atoms in total. The fourth-order valence-electron chi connectivity index (χ4n) is 5.85. The van der Waals surface area contributed by atoms with E-state index in [9.17, 15) is 22.8 Å². The normalized spacial score (nSPS) is 22.7. The Morgan fingerprint density at radius 3 is 2.51 bits per heavy atom. The number of pyridine rings is 1. The van der Waals surface area contributed by atoms with Crippen LogP contribution in [0.2, 0.25) is 0 Å². The highest BCUT2D eigenvalue weighted by molar-refractivity contribution is 6.07. The van der Waals surface area contributed by atoms with Gasteiger partial charge in [0.2, 0.25) is 5.88 Å². The van der Waals surface area contributed by atoms with Crippen molar-refractivity contribution in [3.63, 3.8) is 0 Å². The number of nitrogens with zero attached hydrogens (tertiary/aromatic N) is 3. The van der Waals surface area contributed by atoms with Crippen LogP contribution in [0.4, 0.5) is 13.2 Å². The maximum absolute atomic E-state index is 13.5. The summed E-state index contributed by atoms with van der Waals surface area (Å²) in [7, 11) is 1.40. The van der Waals surface area contributed by atoms with E-state index >= 15 is 0 Å². The minimum Gasteiger partial charge on any atom is -0.469 e. The van der Waals surface area contributed by atoms with Crippen molar-refractivity contribution in [2.45, 2.75) is 58.0 Å². The molecule has 0 saturated heterocycles. The average Bonchev–Trinajstić information content (AvgIpc) is 3.29. The summed E-state index contributed by atoms with van der Waals surface area (Å²) >= 11 is 0. The zero-order chi connectivity index (χ0) is 27.9. The van der Waals surface area contributed by atoms with E-state index in [1.54, 1.807) is 29.9 Å². The lowest BCUT2D eigenvalue weighted by Gasteiger charge is -2.56.